The highest BCUT2D eigenvalue weighted by atomic mass is 14.9. The van der Waals surface area contributed by atoms with Crippen molar-refractivity contribution in [3.05, 3.63) is 53.5 Å². The van der Waals surface area contributed by atoms with Gasteiger partial charge in [-0.3, -0.25) is 0 Å². The van der Waals surface area contributed by atoms with Gasteiger partial charge in [-0.1, -0.05) is 30.4 Å². The highest BCUT2D eigenvalue weighted by Gasteiger charge is 2.17. The summed E-state index contributed by atoms with van der Waals surface area (Å²) in [6.07, 6.45) is 4.68. The minimum absolute atomic E-state index is 0.876. The van der Waals surface area contributed by atoms with Gasteiger partial charge >= 0.3 is 0 Å². The van der Waals surface area contributed by atoms with Gasteiger partial charge in [-0.2, -0.15) is 0 Å². The molecule has 0 atom stereocenters. The van der Waals surface area contributed by atoms with Crippen molar-refractivity contribution in [1.82, 2.24) is 9.97 Å². The lowest BCUT2D eigenvalue weighted by Gasteiger charge is -2.19. The fourth-order valence-electron chi connectivity index (χ4n) is 2.89. The largest absolute Gasteiger partial charge is 0.238 e. The molecule has 2 heteroatoms. The summed E-state index contributed by atoms with van der Waals surface area (Å²) in [5.41, 5.74) is 7.18. The Morgan fingerprint density at radius 3 is 2.75 bits per heavy atom. The molecule has 2 nitrogen and oxygen atoms in total. The number of aromatic nitrogens is 2. The van der Waals surface area contributed by atoms with E-state index in [4.69, 9.17) is 4.98 Å². The van der Waals surface area contributed by atoms with Crippen LogP contribution in [0, 0.1) is 6.92 Å². The SMILES string of the molecule is C=C(C)c1cccc(-c2nc(C)nc3c2CCCC3)c1. The van der Waals surface area contributed by atoms with Crippen LogP contribution in [-0.4, -0.2) is 9.97 Å². The molecule has 1 aromatic carbocycles. The van der Waals surface area contributed by atoms with Gasteiger partial charge in [-0.25, -0.2) is 9.97 Å². The van der Waals surface area contributed by atoms with E-state index in [9.17, 15) is 0 Å². The van der Waals surface area contributed by atoms with Crippen molar-refractivity contribution >= 4 is 5.57 Å². The molecule has 1 aromatic heterocycles. The molecule has 1 aliphatic carbocycles. The average Bonchev–Trinajstić information content (AvgIpc) is 2.46. The summed E-state index contributed by atoms with van der Waals surface area (Å²) in [5.74, 6) is 0.876. The Morgan fingerprint density at radius 2 is 1.95 bits per heavy atom. The maximum atomic E-state index is 4.72. The van der Waals surface area contributed by atoms with Crippen LogP contribution in [-0.2, 0) is 12.8 Å². The molecule has 2 aromatic rings. The lowest BCUT2D eigenvalue weighted by Crippen LogP contribution is -2.10. The molecule has 0 N–H and O–H groups in total. The maximum Gasteiger partial charge on any atom is 0.126 e. The molecule has 0 bridgehead atoms. The first-order valence-electron chi connectivity index (χ1n) is 7.28. The first-order chi connectivity index (χ1) is 9.65. The lowest BCUT2D eigenvalue weighted by molar-refractivity contribution is 0.660. The van der Waals surface area contributed by atoms with Crippen LogP contribution < -0.4 is 0 Å². The number of hydrogen-bond donors (Lipinski definition) is 0. The molecule has 0 spiro atoms. The monoisotopic (exact) mass is 264 g/mol. The van der Waals surface area contributed by atoms with Gasteiger partial charge in [0.2, 0.25) is 0 Å². The van der Waals surface area contributed by atoms with Crippen molar-refractivity contribution in [3.8, 4) is 11.3 Å². The molecule has 0 unspecified atom stereocenters. The number of aryl methyl sites for hydroxylation is 2. The van der Waals surface area contributed by atoms with Gasteiger partial charge in [0, 0.05) is 16.8 Å². The Kier molecular flexibility index (Phi) is 3.39. The standard InChI is InChI=1S/C18H20N2/c1-12(2)14-7-6-8-15(11-14)18-16-9-4-5-10-17(16)19-13(3)20-18/h6-8,11H,1,4-5,9-10H2,2-3H3. The lowest BCUT2D eigenvalue weighted by atomic mass is 9.91. The summed E-state index contributed by atoms with van der Waals surface area (Å²) in [5, 5.41) is 0. The molecule has 0 aliphatic heterocycles. The van der Waals surface area contributed by atoms with Gasteiger partial charge in [0.1, 0.15) is 5.82 Å². The number of fused-ring (bicyclic) bond motifs is 1. The third-order valence-corrected chi connectivity index (χ3v) is 3.92. The average molecular weight is 264 g/mol. The second-order valence-electron chi connectivity index (χ2n) is 5.61. The van der Waals surface area contributed by atoms with E-state index in [0.29, 0.717) is 0 Å². The van der Waals surface area contributed by atoms with Crippen LogP contribution in [0.5, 0.6) is 0 Å². The van der Waals surface area contributed by atoms with E-state index in [1.165, 1.54) is 35.2 Å². The van der Waals surface area contributed by atoms with Gasteiger partial charge in [-0.15, -0.1) is 0 Å². The van der Waals surface area contributed by atoms with Crippen molar-refractivity contribution in [2.75, 3.05) is 0 Å². The molecule has 0 radical (unpaired) electrons. The summed E-state index contributed by atoms with van der Waals surface area (Å²) < 4.78 is 0. The predicted molar refractivity (Wildman–Crippen MR) is 83.6 cm³/mol. The Labute approximate surface area is 120 Å². The molecular weight excluding hydrogens is 244 g/mol. The minimum Gasteiger partial charge on any atom is -0.238 e. The van der Waals surface area contributed by atoms with Crippen molar-refractivity contribution in [2.45, 2.75) is 39.5 Å². The molecule has 3 rings (SSSR count). The van der Waals surface area contributed by atoms with E-state index in [1.807, 2.05) is 13.8 Å². The molecule has 0 amide bonds. The van der Waals surface area contributed by atoms with Crippen LogP contribution in [0.15, 0.2) is 30.8 Å². The molecule has 1 heterocycles. The van der Waals surface area contributed by atoms with Gasteiger partial charge in [0.15, 0.2) is 0 Å². The molecular formula is C18H20N2. The topological polar surface area (TPSA) is 25.8 Å². The number of hydrogen-bond acceptors (Lipinski definition) is 2. The van der Waals surface area contributed by atoms with E-state index in [1.54, 1.807) is 0 Å². The van der Waals surface area contributed by atoms with Crippen molar-refractivity contribution < 1.29 is 0 Å². The van der Waals surface area contributed by atoms with Gasteiger partial charge in [0.25, 0.3) is 0 Å². The number of rotatable bonds is 2. The van der Waals surface area contributed by atoms with E-state index < -0.39 is 0 Å². The summed E-state index contributed by atoms with van der Waals surface area (Å²) >= 11 is 0. The van der Waals surface area contributed by atoms with Gasteiger partial charge in [0.05, 0.1) is 5.69 Å². The smallest absolute Gasteiger partial charge is 0.126 e. The number of allylic oxidation sites excluding steroid dienone is 1. The fourth-order valence-corrected chi connectivity index (χ4v) is 2.89. The van der Waals surface area contributed by atoms with E-state index in [2.05, 4.69) is 35.8 Å². The molecule has 20 heavy (non-hydrogen) atoms. The Balaban J connectivity index is 2.16. The quantitative estimate of drug-likeness (QED) is 0.805. The molecule has 1 aliphatic rings. The van der Waals surface area contributed by atoms with Crippen LogP contribution >= 0.6 is 0 Å². The van der Waals surface area contributed by atoms with Gasteiger partial charge in [-0.05, 0) is 51.2 Å². The molecule has 0 saturated carbocycles. The van der Waals surface area contributed by atoms with Gasteiger partial charge < -0.3 is 0 Å². The molecule has 0 fully saturated rings. The zero-order valence-electron chi connectivity index (χ0n) is 12.2. The van der Waals surface area contributed by atoms with Crippen molar-refractivity contribution in [2.24, 2.45) is 0 Å². The van der Waals surface area contributed by atoms with Crippen LogP contribution in [0.25, 0.3) is 16.8 Å². The third kappa shape index (κ3) is 2.38. The maximum absolute atomic E-state index is 4.72. The van der Waals surface area contributed by atoms with E-state index in [-0.39, 0.29) is 0 Å². The van der Waals surface area contributed by atoms with Crippen molar-refractivity contribution in [3.63, 3.8) is 0 Å². The highest BCUT2D eigenvalue weighted by molar-refractivity contribution is 5.71. The molecule has 0 saturated heterocycles. The second-order valence-corrected chi connectivity index (χ2v) is 5.61. The normalized spacial score (nSPS) is 13.9. The summed E-state index contributed by atoms with van der Waals surface area (Å²) in [6, 6.07) is 8.53. The van der Waals surface area contributed by atoms with Crippen LogP contribution in [0.3, 0.4) is 0 Å². The highest BCUT2D eigenvalue weighted by Crippen LogP contribution is 2.30. The molecule has 102 valence electrons. The summed E-state index contributed by atoms with van der Waals surface area (Å²) in [6.45, 7) is 8.06. The van der Waals surface area contributed by atoms with Crippen LogP contribution in [0.2, 0.25) is 0 Å². The predicted octanol–water partition coefficient (Wildman–Crippen LogP) is 4.36. The number of nitrogens with zero attached hydrogens (tertiary/aromatic N) is 2. The minimum atomic E-state index is 0.876. The first kappa shape index (κ1) is 13.0. The third-order valence-electron chi connectivity index (χ3n) is 3.92. The van der Waals surface area contributed by atoms with E-state index >= 15 is 0 Å². The summed E-state index contributed by atoms with van der Waals surface area (Å²) in [4.78, 5) is 9.35. The van der Waals surface area contributed by atoms with Crippen LogP contribution in [0.4, 0.5) is 0 Å². The zero-order chi connectivity index (χ0) is 14.1. The first-order valence-corrected chi connectivity index (χ1v) is 7.28. The Hall–Kier alpha value is -1.96. The zero-order valence-corrected chi connectivity index (χ0v) is 12.2. The Morgan fingerprint density at radius 1 is 1.15 bits per heavy atom. The summed E-state index contributed by atoms with van der Waals surface area (Å²) in [7, 11) is 0. The number of benzene rings is 1. The van der Waals surface area contributed by atoms with Crippen molar-refractivity contribution in [1.29, 1.82) is 0 Å². The van der Waals surface area contributed by atoms with E-state index in [0.717, 1.165) is 29.9 Å². The second kappa shape index (κ2) is 5.20. The van der Waals surface area contributed by atoms with Crippen LogP contribution in [0.1, 0.15) is 42.4 Å². The fraction of sp³-hybridized carbons (Fsp3) is 0.333. The Bertz CT molecular complexity index is 671.